The summed E-state index contributed by atoms with van der Waals surface area (Å²) in [5.74, 6) is 0. The van der Waals surface area contributed by atoms with Gasteiger partial charge in [-0.3, -0.25) is 0 Å². The smallest absolute Gasteiger partial charge is 0.375 e. The summed E-state index contributed by atoms with van der Waals surface area (Å²) in [6.45, 7) is -0.544. The van der Waals surface area contributed by atoms with Crippen LogP contribution in [0.2, 0.25) is 0 Å². The van der Waals surface area contributed by atoms with Crippen molar-refractivity contribution in [2.24, 2.45) is 0 Å². The Morgan fingerprint density at radius 3 is 2.42 bits per heavy atom. The van der Waals surface area contributed by atoms with Gasteiger partial charge in [0, 0.05) is 25.9 Å². The Labute approximate surface area is 110 Å². The number of rotatable bonds is 6. The zero-order valence-electron chi connectivity index (χ0n) is 10.6. The van der Waals surface area contributed by atoms with E-state index in [2.05, 4.69) is 4.74 Å². The fourth-order valence-electron chi connectivity index (χ4n) is 1.51. The molecule has 0 atom stereocenters. The molecule has 0 N–H and O–H groups in total. The van der Waals surface area contributed by atoms with Gasteiger partial charge in [-0.15, -0.1) is 0 Å². The van der Waals surface area contributed by atoms with Crippen molar-refractivity contribution in [1.82, 2.24) is 0 Å². The molecule has 0 radical (unpaired) electrons. The van der Waals surface area contributed by atoms with Crippen LogP contribution in [0.3, 0.4) is 0 Å². The zero-order valence-corrected chi connectivity index (χ0v) is 10.6. The van der Waals surface area contributed by atoms with Crippen LogP contribution in [0.4, 0.5) is 18.9 Å². The Morgan fingerprint density at radius 1 is 1.26 bits per heavy atom. The van der Waals surface area contributed by atoms with Crippen molar-refractivity contribution in [3.63, 3.8) is 0 Å². The molecule has 0 aromatic heterocycles. The van der Waals surface area contributed by atoms with Crippen LogP contribution in [0.1, 0.15) is 12.0 Å². The van der Waals surface area contributed by atoms with Crippen molar-refractivity contribution >= 4 is 5.69 Å². The Kier molecular flexibility index (Phi) is 5.64. The molecule has 3 nitrogen and oxygen atoms in total. The van der Waals surface area contributed by atoms with E-state index >= 15 is 0 Å². The molecule has 0 aliphatic rings. The summed E-state index contributed by atoms with van der Waals surface area (Å²) in [6.07, 6.45) is -3.76. The Balaban J connectivity index is 2.27. The molecule has 0 aliphatic carbocycles. The van der Waals surface area contributed by atoms with E-state index < -0.39 is 12.8 Å². The molecule has 0 saturated carbocycles. The van der Waals surface area contributed by atoms with E-state index in [9.17, 15) is 13.2 Å². The van der Waals surface area contributed by atoms with Gasteiger partial charge in [0.25, 0.3) is 0 Å². The molecule has 0 amide bonds. The van der Waals surface area contributed by atoms with Crippen LogP contribution in [-0.4, -0.2) is 33.0 Å². The molecule has 0 saturated heterocycles. The second-order valence-electron chi connectivity index (χ2n) is 4.10. The van der Waals surface area contributed by atoms with Crippen LogP contribution in [0.15, 0.2) is 24.3 Å². The molecule has 0 bridgehead atoms. The standard InChI is InChI=1S/C13H15F3N2O/c1-18(7-2-8-19-10-13(14,15)16)12-5-3-11(9-17)4-6-12/h3-6H,2,7-8,10H2,1H3. The van der Waals surface area contributed by atoms with Gasteiger partial charge < -0.3 is 9.64 Å². The highest BCUT2D eigenvalue weighted by Gasteiger charge is 2.27. The van der Waals surface area contributed by atoms with Gasteiger partial charge in [0.2, 0.25) is 0 Å². The summed E-state index contributed by atoms with van der Waals surface area (Å²) >= 11 is 0. The summed E-state index contributed by atoms with van der Waals surface area (Å²) in [5.41, 5.74) is 1.49. The van der Waals surface area contributed by atoms with Crippen LogP contribution < -0.4 is 4.90 Å². The van der Waals surface area contributed by atoms with Gasteiger partial charge in [-0.05, 0) is 30.7 Å². The lowest BCUT2D eigenvalue weighted by Crippen LogP contribution is -2.22. The molecular weight excluding hydrogens is 257 g/mol. The summed E-state index contributed by atoms with van der Waals surface area (Å²) < 4.78 is 40.0. The third-order valence-electron chi connectivity index (χ3n) is 2.49. The van der Waals surface area contributed by atoms with Gasteiger partial charge in [-0.1, -0.05) is 0 Å². The Bertz CT molecular complexity index is 423. The number of anilines is 1. The predicted octanol–water partition coefficient (Wildman–Crippen LogP) is 2.96. The minimum absolute atomic E-state index is 0.0696. The van der Waals surface area contributed by atoms with E-state index in [1.54, 1.807) is 24.3 Å². The lowest BCUT2D eigenvalue weighted by Gasteiger charge is -2.19. The van der Waals surface area contributed by atoms with Gasteiger partial charge >= 0.3 is 6.18 Å². The minimum atomic E-state index is -4.26. The molecule has 0 aliphatic heterocycles. The summed E-state index contributed by atoms with van der Waals surface area (Å²) in [4.78, 5) is 1.90. The van der Waals surface area contributed by atoms with Gasteiger partial charge in [0.15, 0.2) is 0 Å². The van der Waals surface area contributed by atoms with Gasteiger partial charge in [-0.2, -0.15) is 18.4 Å². The number of nitriles is 1. The van der Waals surface area contributed by atoms with Gasteiger partial charge in [0.05, 0.1) is 11.6 Å². The molecule has 19 heavy (non-hydrogen) atoms. The number of halogens is 3. The monoisotopic (exact) mass is 272 g/mol. The number of ether oxygens (including phenoxy) is 1. The average Bonchev–Trinajstić information content (AvgIpc) is 2.37. The Hall–Kier alpha value is -1.74. The first-order valence-electron chi connectivity index (χ1n) is 5.78. The van der Waals surface area contributed by atoms with Crippen LogP contribution in [0.25, 0.3) is 0 Å². The predicted molar refractivity (Wildman–Crippen MR) is 65.9 cm³/mol. The molecule has 0 unspecified atom stereocenters. The molecule has 1 aromatic carbocycles. The quantitative estimate of drug-likeness (QED) is 0.747. The number of alkyl halides is 3. The molecule has 104 valence electrons. The van der Waals surface area contributed by atoms with Gasteiger partial charge in [-0.25, -0.2) is 0 Å². The van der Waals surface area contributed by atoms with Crippen molar-refractivity contribution in [2.75, 3.05) is 31.7 Å². The van der Waals surface area contributed by atoms with E-state index in [1.165, 1.54) is 0 Å². The Morgan fingerprint density at radius 2 is 1.89 bits per heavy atom. The zero-order chi connectivity index (χ0) is 14.3. The number of hydrogen-bond donors (Lipinski definition) is 0. The van der Waals surface area contributed by atoms with E-state index in [0.29, 0.717) is 18.5 Å². The summed E-state index contributed by atoms with van der Waals surface area (Å²) in [7, 11) is 1.84. The molecule has 0 heterocycles. The average molecular weight is 272 g/mol. The molecule has 1 aromatic rings. The first kappa shape index (κ1) is 15.3. The maximum atomic E-state index is 11.8. The van der Waals surface area contributed by atoms with Crippen molar-refractivity contribution in [3.05, 3.63) is 29.8 Å². The summed E-state index contributed by atoms with van der Waals surface area (Å²) in [6, 6.07) is 9.02. The maximum Gasteiger partial charge on any atom is 0.411 e. The van der Waals surface area contributed by atoms with E-state index in [0.717, 1.165) is 5.69 Å². The highest BCUT2D eigenvalue weighted by Crippen LogP contribution is 2.15. The van der Waals surface area contributed by atoms with Crippen LogP contribution >= 0.6 is 0 Å². The third-order valence-corrected chi connectivity index (χ3v) is 2.49. The highest BCUT2D eigenvalue weighted by molar-refractivity contribution is 5.48. The SMILES string of the molecule is CN(CCCOCC(F)(F)F)c1ccc(C#N)cc1. The molecular formula is C13H15F3N2O. The topological polar surface area (TPSA) is 36.3 Å². The molecule has 1 rings (SSSR count). The normalized spacial score (nSPS) is 11.1. The fourth-order valence-corrected chi connectivity index (χ4v) is 1.51. The molecule has 6 heteroatoms. The van der Waals surface area contributed by atoms with Crippen molar-refractivity contribution in [3.8, 4) is 6.07 Å². The lowest BCUT2D eigenvalue weighted by molar-refractivity contribution is -0.173. The van der Waals surface area contributed by atoms with Crippen molar-refractivity contribution in [2.45, 2.75) is 12.6 Å². The maximum absolute atomic E-state index is 11.8. The molecule has 0 fully saturated rings. The number of nitrogens with zero attached hydrogens (tertiary/aromatic N) is 2. The first-order chi connectivity index (χ1) is 8.92. The lowest BCUT2D eigenvalue weighted by atomic mass is 10.2. The number of benzene rings is 1. The number of hydrogen-bond acceptors (Lipinski definition) is 3. The van der Waals surface area contributed by atoms with E-state index in [-0.39, 0.29) is 6.61 Å². The third kappa shape index (κ3) is 6.11. The molecule has 0 spiro atoms. The highest BCUT2D eigenvalue weighted by atomic mass is 19.4. The fraction of sp³-hybridized carbons (Fsp3) is 0.462. The van der Waals surface area contributed by atoms with Crippen molar-refractivity contribution < 1.29 is 17.9 Å². The minimum Gasteiger partial charge on any atom is -0.375 e. The van der Waals surface area contributed by atoms with Crippen LogP contribution in [0, 0.1) is 11.3 Å². The largest absolute Gasteiger partial charge is 0.411 e. The summed E-state index contributed by atoms with van der Waals surface area (Å²) in [5, 5.41) is 8.66. The second kappa shape index (κ2) is 7.00. The second-order valence-corrected chi connectivity index (χ2v) is 4.10. The van der Waals surface area contributed by atoms with Crippen LogP contribution in [0.5, 0.6) is 0 Å². The van der Waals surface area contributed by atoms with E-state index in [1.807, 2.05) is 18.0 Å². The van der Waals surface area contributed by atoms with Crippen molar-refractivity contribution in [1.29, 1.82) is 5.26 Å². The first-order valence-corrected chi connectivity index (χ1v) is 5.78. The van der Waals surface area contributed by atoms with Gasteiger partial charge in [0.1, 0.15) is 6.61 Å². The van der Waals surface area contributed by atoms with Crippen LogP contribution in [-0.2, 0) is 4.74 Å². The van der Waals surface area contributed by atoms with E-state index in [4.69, 9.17) is 5.26 Å².